The van der Waals surface area contributed by atoms with E-state index in [-0.39, 0.29) is 12.0 Å². The third kappa shape index (κ3) is 1.92. The molecule has 1 aromatic carbocycles. The number of carbonyl (C=O) groups excluding carboxylic acids is 1. The highest BCUT2D eigenvalue weighted by atomic mass is 16.5. The third-order valence-corrected chi connectivity index (χ3v) is 3.17. The Morgan fingerprint density at radius 1 is 1.56 bits per heavy atom. The number of anilines is 1. The Bertz CT molecular complexity index is 589. The van der Waals surface area contributed by atoms with E-state index in [4.69, 9.17) is 5.73 Å². The van der Waals surface area contributed by atoms with Crippen LogP contribution in [0.25, 0.3) is 11.0 Å². The maximum absolute atomic E-state index is 11.5. The molecule has 0 saturated carbocycles. The molecule has 0 spiro atoms. The zero-order valence-corrected chi connectivity index (χ0v) is 10.8. The van der Waals surface area contributed by atoms with Gasteiger partial charge in [0.2, 0.25) is 5.95 Å². The Labute approximate surface area is 106 Å². The van der Waals surface area contributed by atoms with Crippen LogP contribution in [0.5, 0.6) is 0 Å². The number of nitrogens with two attached hydrogens (primary N) is 1. The van der Waals surface area contributed by atoms with Gasteiger partial charge in [-0.15, -0.1) is 0 Å². The Hall–Kier alpha value is -2.04. The van der Waals surface area contributed by atoms with Gasteiger partial charge in [0.1, 0.15) is 0 Å². The minimum absolute atomic E-state index is 0.277. The maximum Gasteiger partial charge on any atom is 0.337 e. The van der Waals surface area contributed by atoms with Crippen molar-refractivity contribution in [1.82, 2.24) is 9.55 Å². The molecule has 0 amide bonds. The fourth-order valence-corrected chi connectivity index (χ4v) is 2.01. The minimum Gasteiger partial charge on any atom is -0.465 e. The molecule has 18 heavy (non-hydrogen) atoms. The normalized spacial score (nSPS) is 12.6. The molecule has 2 rings (SSSR count). The van der Waals surface area contributed by atoms with Crippen molar-refractivity contribution in [3.05, 3.63) is 23.8 Å². The van der Waals surface area contributed by atoms with Crippen molar-refractivity contribution in [2.75, 3.05) is 12.8 Å². The number of nitrogen functional groups attached to an aromatic ring is 1. The van der Waals surface area contributed by atoms with Crippen molar-refractivity contribution in [3.63, 3.8) is 0 Å². The molecule has 1 heterocycles. The van der Waals surface area contributed by atoms with E-state index in [1.165, 1.54) is 7.11 Å². The molecule has 0 aliphatic heterocycles. The van der Waals surface area contributed by atoms with E-state index in [2.05, 4.69) is 23.6 Å². The van der Waals surface area contributed by atoms with Crippen LogP contribution in [0, 0.1) is 0 Å². The number of carbonyl (C=O) groups is 1. The average molecular weight is 247 g/mol. The van der Waals surface area contributed by atoms with Gasteiger partial charge < -0.3 is 15.0 Å². The lowest BCUT2D eigenvalue weighted by atomic mass is 10.2. The molecule has 1 unspecified atom stereocenters. The number of nitrogens with zero attached hydrogens (tertiary/aromatic N) is 2. The van der Waals surface area contributed by atoms with Crippen LogP contribution in [0.4, 0.5) is 5.95 Å². The zero-order valence-electron chi connectivity index (χ0n) is 10.8. The Kier molecular flexibility index (Phi) is 3.23. The van der Waals surface area contributed by atoms with Gasteiger partial charge in [-0.2, -0.15) is 0 Å². The van der Waals surface area contributed by atoms with Crippen molar-refractivity contribution < 1.29 is 9.53 Å². The molecular weight excluding hydrogens is 230 g/mol. The highest BCUT2D eigenvalue weighted by Crippen LogP contribution is 2.25. The smallest absolute Gasteiger partial charge is 0.337 e. The van der Waals surface area contributed by atoms with Crippen molar-refractivity contribution >= 4 is 23.0 Å². The Morgan fingerprint density at radius 3 is 2.89 bits per heavy atom. The molecule has 5 heteroatoms. The number of esters is 1. The molecule has 0 fully saturated rings. The third-order valence-electron chi connectivity index (χ3n) is 3.17. The molecule has 2 N–H and O–H groups in total. The summed E-state index contributed by atoms with van der Waals surface area (Å²) < 4.78 is 6.67. The second-order valence-corrected chi connectivity index (χ2v) is 4.29. The van der Waals surface area contributed by atoms with Gasteiger partial charge >= 0.3 is 5.97 Å². The Balaban J connectivity index is 2.58. The van der Waals surface area contributed by atoms with E-state index in [1.807, 2.05) is 10.6 Å². The van der Waals surface area contributed by atoms with E-state index in [0.717, 1.165) is 17.5 Å². The fraction of sp³-hybridized carbons (Fsp3) is 0.385. The summed E-state index contributed by atoms with van der Waals surface area (Å²) in [7, 11) is 1.36. The van der Waals surface area contributed by atoms with Crippen LogP contribution in [0.15, 0.2) is 18.2 Å². The summed E-state index contributed by atoms with van der Waals surface area (Å²) in [6.07, 6.45) is 0.967. The lowest BCUT2D eigenvalue weighted by molar-refractivity contribution is 0.0601. The second kappa shape index (κ2) is 4.68. The number of benzene rings is 1. The van der Waals surface area contributed by atoms with Gasteiger partial charge in [-0.3, -0.25) is 0 Å². The number of aromatic nitrogens is 2. The van der Waals surface area contributed by atoms with E-state index < -0.39 is 0 Å². The van der Waals surface area contributed by atoms with Crippen LogP contribution in [-0.4, -0.2) is 22.6 Å². The van der Waals surface area contributed by atoms with Gasteiger partial charge in [-0.05, 0) is 31.5 Å². The second-order valence-electron chi connectivity index (χ2n) is 4.29. The summed E-state index contributed by atoms with van der Waals surface area (Å²) in [5.41, 5.74) is 8.07. The molecule has 0 radical (unpaired) electrons. The van der Waals surface area contributed by atoms with Crippen molar-refractivity contribution in [1.29, 1.82) is 0 Å². The molecule has 5 nitrogen and oxygen atoms in total. The fourth-order valence-electron chi connectivity index (χ4n) is 2.01. The zero-order chi connectivity index (χ0) is 13.3. The summed E-state index contributed by atoms with van der Waals surface area (Å²) in [6, 6.07) is 5.57. The largest absolute Gasteiger partial charge is 0.465 e. The number of rotatable bonds is 3. The molecule has 0 saturated heterocycles. The average Bonchev–Trinajstić information content (AvgIpc) is 2.71. The minimum atomic E-state index is -0.367. The monoisotopic (exact) mass is 247 g/mol. The van der Waals surface area contributed by atoms with Crippen molar-refractivity contribution in [2.24, 2.45) is 0 Å². The first-order valence-electron chi connectivity index (χ1n) is 5.94. The van der Waals surface area contributed by atoms with Gasteiger partial charge in [-0.1, -0.05) is 6.92 Å². The van der Waals surface area contributed by atoms with E-state index in [9.17, 15) is 4.79 Å². The summed E-state index contributed by atoms with van der Waals surface area (Å²) in [4.78, 5) is 15.7. The van der Waals surface area contributed by atoms with Crippen LogP contribution in [-0.2, 0) is 4.74 Å². The van der Waals surface area contributed by atoms with Crippen LogP contribution in [0.2, 0.25) is 0 Å². The number of hydrogen-bond acceptors (Lipinski definition) is 4. The van der Waals surface area contributed by atoms with Gasteiger partial charge in [-0.25, -0.2) is 9.78 Å². The van der Waals surface area contributed by atoms with Gasteiger partial charge in [0.25, 0.3) is 0 Å². The van der Waals surface area contributed by atoms with Gasteiger partial charge in [0, 0.05) is 6.04 Å². The lowest BCUT2D eigenvalue weighted by Crippen LogP contribution is -2.07. The number of methoxy groups -OCH3 is 1. The van der Waals surface area contributed by atoms with E-state index in [1.54, 1.807) is 12.1 Å². The first-order chi connectivity index (χ1) is 8.58. The number of imidazole rings is 1. The lowest BCUT2D eigenvalue weighted by Gasteiger charge is -2.13. The van der Waals surface area contributed by atoms with Crippen LogP contribution in [0.1, 0.15) is 36.7 Å². The van der Waals surface area contributed by atoms with Crippen molar-refractivity contribution in [2.45, 2.75) is 26.3 Å². The molecule has 1 atom stereocenters. The summed E-state index contributed by atoms with van der Waals surface area (Å²) in [5, 5.41) is 0. The summed E-state index contributed by atoms with van der Waals surface area (Å²) in [5.74, 6) is 0.106. The van der Waals surface area contributed by atoms with Gasteiger partial charge in [0.05, 0.1) is 23.7 Å². The highest BCUT2D eigenvalue weighted by molar-refractivity contribution is 5.94. The summed E-state index contributed by atoms with van der Waals surface area (Å²) in [6.45, 7) is 4.18. The van der Waals surface area contributed by atoms with Crippen LogP contribution >= 0.6 is 0 Å². The molecule has 0 bridgehead atoms. The summed E-state index contributed by atoms with van der Waals surface area (Å²) >= 11 is 0. The van der Waals surface area contributed by atoms with Crippen LogP contribution < -0.4 is 5.73 Å². The predicted molar refractivity (Wildman–Crippen MR) is 70.5 cm³/mol. The molecular formula is C13H17N3O2. The van der Waals surface area contributed by atoms with Crippen LogP contribution in [0.3, 0.4) is 0 Å². The predicted octanol–water partition coefficient (Wildman–Crippen LogP) is 2.38. The first kappa shape index (κ1) is 12.4. The maximum atomic E-state index is 11.5. The Morgan fingerprint density at radius 2 is 2.28 bits per heavy atom. The molecule has 0 aliphatic rings. The van der Waals surface area contributed by atoms with E-state index in [0.29, 0.717) is 11.5 Å². The topological polar surface area (TPSA) is 70.1 Å². The standard InChI is InChI=1S/C13H17N3O2/c1-4-8(2)16-11-6-5-9(12(17)18-3)7-10(11)15-13(16)14/h5-8H,4H2,1-3H3,(H2,14,15). The molecule has 96 valence electrons. The number of hydrogen-bond donors (Lipinski definition) is 1. The molecule has 1 aromatic heterocycles. The first-order valence-corrected chi connectivity index (χ1v) is 5.94. The number of fused-ring (bicyclic) bond motifs is 1. The van der Waals surface area contributed by atoms with E-state index >= 15 is 0 Å². The SMILES string of the molecule is CCC(C)n1c(N)nc2cc(C(=O)OC)ccc21. The number of ether oxygens (including phenoxy) is 1. The molecule has 0 aliphatic carbocycles. The van der Waals surface area contributed by atoms with Crippen molar-refractivity contribution in [3.8, 4) is 0 Å². The van der Waals surface area contributed by atoms with Gasteiger partial charge in [0.15, 0.2) is 0 Å². The molecule has 2 aromatic rings. The highest BCUT2D eigenvalue weighted by Gasteiger charge is 2.14. The quantitative estimate of drug-likeness (QED) is 0.845.